The molecule has 0 bridgehead atoms. The van der Waals surface area contributed by atoms with Crippen molar-refractivity contribution < 1.29 is 19.7 Å². The van der Waals surface area contributed by atoms with Crippen LogP contribution in [0.25, 0.3) is 0 Å². The molecule has 19 heavy (non-hydrogen) atoms. The predicted octanol–water partition coefficient (Wildman–Crippen LogP) is 0.797. The highest BCUT2D eigenvalue weighted by atomic mass is 16.5. The summed E-state index contributed by atoms with van der Waals surface area (Å²) in [4.78, 5) is 1.95. The maximum Gasteiger partial charge on any atom is 0.161 e. The van der Waals surface area contributed by atoms with Crippen LogP contribution in [0, 0.1) is 6.92 Å². The smallest absolute Gasteiger partial charge is 0.161 e. The van der Waals surface area contributed by atoms with Gasteiger partial charge in [-0.3, -0.25) is 4.90 Å². The summed E-state index contributed by atoms with van der Waals surface area (Å²) in [6.45, 7) is 2.87. The first-order valence-electron chi connectivity index (χ1n) is 6.20. The van der Waals surface area contributed by atoms with Crippen LogP contribution < -0.4 is 9.47 Å². The lowest BCUT2D eigenvalue weighted by Crippen LogP contribution is -2.31. The molecule has 0 fully saturated rings. The molecule has 0 saturated heterocycles. The van der Waals surface area contributed by atoms with Crippen LogP contribution in [0.5, 0.6) is 11.5 Å². The third-order valence-electron chi connectivity index (χ3n) is 3.02. The van der Waals surface area contributed by atoms with Crippen LogP contribution in [-0.2, 0) is 6.54 Å². The quantitative estimate of drug-likeness (QED) is 0.766. The normalized spacial score (nSPS) is 12.6. The average molecular weight is 269 g/mol. The summed E-state index contributed by atoms with van der Waals surface area (Å²) in [6, 6.07) is 3.88. The van der Waals surface area contributed by atoms with Crippen molar-refractivity contribution in [1.82, 2.24) is 4.90 Å². The standard InChI is InChI=1S/C14H23NO4/c1-10-5-13(18-3)14(19-4)6-11(10)7-15(2)8-12(17)9-16/h5-6,12,16-17H,7-9H2,1-4H3. The van der Waals surface area contributed by atoms with Crippen molar-refractivity contribution in [1.29, 1.82) is 0 Å². The van der Waals surface area contributed by atoms with Crippen molar-refractivity contribution in [2.24, 2.45) is 0 Å². The highest BCUT2D eigenvalue weighted by Crippen LogP contribution is 2.30. The Morgan fingerprint density at radius 2 is 1.79 bits per heavy atom. The largest absolute Gasteiger partial charge is 0.493 e. The highest BCUT2D eigenvalue weighted by molar-refractivity contribution is 5.47. The third-order valence-corrected chi connectivity index (χ3v) is 3.02. The number of likely N-dealkylation sites (N-methyl/N-ethyl adjacent to an activating group) is 1. The molecule has 1 atom stereocenters. The fraction of sp³-hybridized carbons (Fsp3) is 0.571. The van der Waals surface area contributed by atoms with Gasteiger partial charge in [0, 0.05) is 13.1 Å². The minimum atomic E-state index is -0.717. The van der Waals surface area contributed by atoms with E-state index in [1.54, 1.807) is 14.2 Å². The predicted molar refractivity (Wildman–Crippen MR) is 73.7 cm³/mol. The van der Waals surface area contributed by atoms with Gasteiger partial charge >= 0.3 is 0 Å². The van der Waals surface area contributed by atoms with Crippen molar-refractivity contribution in [3.8, 4) is 11.5 Å². The zero-order chi connectivity index (χ0) is 14.4. The van der Waals surface area contributed by atoms with Crippen LogP contribution in [0.1, 0.15) is 11.1 Å². The number of benzene rings is 1. The van der Waals surface area contributed by atoms with Crippen molar-refractivity contribution in [3.05, 3.63) is 23.3 Å². The average Bonchev–Trinajstić information content (AvgIpc) is 2.40. The van der Waals surface area contributed by atoms with Gasteiger partial charge in [-0.15, -0.1) is 0 Å². The summed E-state index contributed by atoms with van der Waals surface area (Å²) < 4.78 is 10.5. The molecule has 0 aliphatic carbocycles. The monoisotopic (exact) mass is 269 g/mol. The van der Waals surface area contributed by atoms with Gasteiger partial charge in [0.2, 0.25) is 0 Å². The van der Waals surface area contributed by atoms with Crippen LogP contribution in [0.2, 0.25) is 0 Å². The summed E-state index contributed by atoms with van der Waals surface area (Å²) in [6.07, 6.45) is -0.717. The Balaban J connectivity index is 2.83. The van der Waals surface area contributed by atoms with Gasteiger partial charge in [-0.25, -0.2) is 0 Å². The Kier molecular flexibility index (Phi) is 6.08. The maximum atomic E-state index is 9.42. The molecule has 0 aliphatic rings. The Labute approximate surface area is 114 Å². The molecule has 0 amide bonds. The summed E-state index contributed by atoms with van der Waals surface area (Å²) in [5.74, 6) is 1.40. The minimum Gasteiger partial charge on any atom is -0.493 e. The number of aryl methyl sites for hydroxylation is 1. The fourth-order valence-electron chi connectivity index (χ4n) is 1.97. The molecule has 1 aromatic carbocycles. The van der Waals surface area contributed by atoms with E-state index in [4.69, 9.17) is 14.6 Å². The molecule has 5 heteroatoms. The van der Waals surface area contributed by atoms with E-state index in [9.17, 15) is 5.11 Å². The van der Waals surface area contributed by atoms with E-state index < -0.39 is 6.10 Å². The second-order valence-corrected chi connectivity index (χ2v) is 4.67. The third kappa shape index (κ3) is 4.38. The number of aliphatic hydroxyl groups is 2. The number of hydrogen-bond acceptors (Lipinski definition) is 5. The van der Waals surface area contributed by atoms with Gasteiger partial charge in [-0.05, 0) is 37.2 Å². The van der Waals surface area contributed by atoms with Gasteiger partial charge in [0.25, 0.3) is 0 Å². The molecular weight excluding hydrogens is 246 g/mol. The molecule has 1 aromatic rings. The van der Waals surface area contributed by atoms with E-state index in [0.29, 0.717) is 24.6 Å². The summed E-state index contributed by atoms with van der Waals surface area (Å²) in [7, 11) is 5.12. The number of methoxy groups -OCH3 is 2. The maximum absolute atomic E-state index is 9.42. The number of nitrogens with zero attached hydrogens (tertiary/aromatic N) is 1. The zero-order valence-electron chi connectivity index (χ0n) is 12.0. The lowest BCUT2D eigenvalue weighted by atomic mass is 10.1. The zero-order valence-corrected chi connectivity index (χ0v) is 12.0. The van der Waals surface area contributed by atoms with Gasteiger partial charge in [0.05, 0.1) is 26.9 Å². The molecule has 108 valence electrons. The Morgan fingerprint density at radius 3 is 2.32 bits per heavy atom. The van der Waals surface area contributed by atoms with Crippen molar-refractivity contribution >= 4 is 0 Å². The van der Waals surface area contributed by atoms with Gasteiger partial charge in [0.1, 0.15) is 0 Å². The van der Waals surface area contributed by atoms with Gasteiger partial charge in [-0.2, -0.15) is 0 Å². The SMILES string of the molecule is COc1cc(C)c(CN(C)CC(O)CO)cc1OC. The van der Waals surface area contributed by atoms with E-state index in [1.807, 2.05) is 31.0 Å². The molecule has 0 saturated carbocycles. The van der Waals surface area contributed by atoms with E-state index in [1.165, 1.54) is 0 Å². The van der Waals surface area contributed by atoms with Crippen molar-refractivity contribution in [2.75, 3.05) is 34.4 Å². The molecule has 5 nitrogen and oxygen atoms in total. The molecular formula is C14H23NO4. The van der Waals surface area contributed by atoms with Crippen LogP contribution in [-0.4, -0.2) is 55.6 Å². The molecule has 2 N–H and O–H groups in total. The molecule has 1 rings (SSSR count). The van der Waals surface area contributed by atoms with E-state index >= 15 is 0 Å². The first kappa shape index (κ1) is 15.8. The highest BCUT2D eigenvalue weighted by Gasteiger charge is 2.12. The summed E-state index contributed by atoms with van der Waals surface area (Å²) in [5.41, 5.74) is 2.20. The van der Waals surface area contributed by atoms with Crippen LogP contribution in [0.15, 0.2) is 12.1 Å². The van der Waals surface area contributed by atoms with Crippen LogP contribution in [0.3, 0.4) is 0 Å². The lowest BCUT2D eigenvalue weighted by Gasteiger charge is -2.21. The van der Waals surface area contributed by atoms with E-state index in [2.05, 4.69) is 0 Å². The number of rotatable bonds is 7. The Hall–Kier alpha value is -1.30. The first-order valence-corrected chi connectivity index (χ1v) is 6.20. The van der Waals surface area contributed by atoms with Crippen molar-refractivity contribution in [2.45, 2.75) is 19.6 Å². The number of hydrogen-bond donors (Lipinski definition) is 2. The molecule has 0 spiro atoms. The fourth-order valence-corrected chi connectivity index (χ4v) is 1.97. The topological polar surface area (TPSA) is 62.2 Å². The van der Waals surface area contributed by atoms with Crippen molar-refractivity contribution in [3.63, 3.8) is 0 Å². The Bertz CT molecular complexity index is 409. The molecule has 0 aromatic heterocycles. The van der Waals surface area contributed by atoms with E-state index in [0.717, 1.165) is 11.1 Å². The van der Waals surface area contributed by atoms with E-state index in [-0.39, 0.29) is 6.61 Å². The van der Waals surface area contributed by atoms with Gasteiger partial charge < -0.3 is 19.7 Å². The second-order valence-electron chi connectivity index (χ2n) is 4.67. The molecule has 0 heterocycles. The molecule has 1 unspecified atom stereocenters. The Morgan fingerprint density at radius 1 is 1.21 bits per heavy atom. The van der Waals surface area contributed by atoms with Crippen LogP contribution in [0.4, 0.5) is 0 Å². The summed E-state index contributed by atoms with van der Waals surface area (Å²) >= 11 is 0. The summed E-state index contributed by atoms with van der Waals surface area (Å²) in [5, 5.41) is 18.3. The van der Waals surface area contributed by atoms with Gasteiger partial charge in [-0.1, -0.05) is 0 Å². The number of ether oxygens (including phenoxy) is 2. The molecule has 0 aliphatic heterocycles. The molecule has 0 radical (unpaired) electrons. The minimum absolute atomic E-state index is 0.227. The van der Waals surface area contributed by atoms with Gasteiger partial charge in [0.15, 0.2) is 11.5 Å². The number of aliphatic hydroxyl groups excluding tert-OH is 2. The first-order chi connectivity index (χ1) is 9.01. The lowest BCUT2D eigenvalue weighted by molar-refractivity contribution is 0.0647. The second kappa shape index (κ2) is 7.33. The van der Waals surface area contributed by atoms with Crippen LogP contribution >= 0.6 is 0 Å².